The molecule has 118 valence electrons. The molecule has 0 fully saturated rings. The van der Waals surface area contributed by atoms with Crippen LogP contribution in [-0.4, -0.2) is 18.1 Å². The van der Waals surface area contributed by atoms with E-state index < -0.39 is 5.91 Å². The molecule has 23 heavy (non-hydrogen) atoms. The number of allylic oxidation sites excluding steroid dienone is 1. The number of azo groups is 1. The van der Waals surface area contributed by atoms with E-state index in [9.17, 15) is 9.90 Å². The van der Waals surface area contributed by atoms with Crippen LogP contribution in [0.1, 0.15) is 6.92 Å². The Kier molecular flexibility index (Phi) is 5.46. The van der Waals surface area contributed by atoms with Crippen LogP contribution in [0, 0.1) is 0 Å². The molecule has 2 aromatic carbocycles. The standard InChI is InChI=1S/C17H17N3O3/c1-12(21)16(17(22)18-13-6-4-3-5-7-13)20-19-14-8-10-15(23-2)11-9-14/h3-11,21H,1-2H3,(H,18,22). The number of para-hydroxylation sites is 1. The lowest BCUT2D eigenvalue weighted by molar-refractivity contribution is -0.113. The average molecular weight is 311 g/mol. The Morgan fingerprint density at radius 2 is 1.74 bits per heavy atom. The molecular weight excluding hydrogens is 294 g/mol. The maximum Gasteiger partial charge on any atom is 0.279 e. The zero-order valence-electron chi connectivity index (χ0n) is 12.9. The van der Waals surface area contributed by atoms with Crippen LogP contribution in [0.4, 0.5) is 11.4 Å². The van der Waals surface area contributed by atoms with E-state index in [4.69, 9.17) is 4.74 Å². The highest BCUT2D eigenvalue weighted by atomic mass is 16.5. The first kappa shape index (κ1) is 16.2. The fourth-order valence-electron chi connectivity index (χ4n) is 1.75. The summed E-state index contributed by atoms with van der Waals surface area (Å²) in [5, 5.41) is 20.1. The van der Waals surface area contributed by atoms with Crippen LogP contribution in [0.25, 0.3) is 0 Å². The Bertz CT molecular complexity index is 719. The van der Waals surface area contributed by atoms with E-state index >= 15 is 0 Å². The van der Waals surface area contributed by atoms with E-state index in [1.807, 2.05) is 6.07 Å². The fourth-order valence-corrected chi connectivity index (χ4v) is 1.75. The molecule has 6 nitrogen and oxygen atoms in total. The number of hydrogen-bond acceptors (Lipinski definition) is 5. The van der Waals surface area contributed by atoms with Gasteiger partial charge < -0.3 is 15.2 Å². The number of ether oxygens (including phenoxy) is 1. The Morgan fingerprint density at radius 1 is 1.09 bits per heavy atom. The maximum atomic E-state index is 12.2. The second-order valence-corrected chi connectivity index (χ2v) is 4.65. The minimum Gasteiger partial charge on any atom is -0.510 e. The molecule has 0 saturated heterocycles. The highest BCUT2D eigenvalue weighted by Crippen LogP contribution is 2.19. The van der Waals surface area contributed by atoms with Gasteiger partial charge in [-0.15, -0.1) is 5.11 Å². The number of carbonyl (C=O) groups is 1. The van der Waals surface area contributed by atoms with Crippen molar-refractivity contribution in [1.29, 1.82) is 0 Å². The third-order valence-electron chi connectivity index (χ3n) is 2.93. The predicted octanol–water partition coefficient (Wildman–Crippen LogP) is 4.21. The van der Waals surface area contributed by atoms with Crippen LogP contribution in [0.2, 0.25) is 0 Å². The first-order valence-electron chi connectivity index (χ1n) is 6.92. The summed E-state index contributed by atoms with van der Waals surface area (Å²) < 4.78 is 5.05. The first-order chi connectivity index (χ1) is 11.1. The van der Waals surface area contributed by atoms with Crippen molar-refractivity contribution in [2.75, 3.05) is 12.4 Å². The highest BCUT2D eigenvalue weighted by molar-refractivity contribution is 6.03. The van der Waals surface area contributed by atoms with Crippen molar-refractivity contribution in [3.63, 3.8) is 0 Å². The van der Waals surface area contributed by atoms with Gasteiger partial charge in [-0.25, -0.2) is 0 Å². The number of anilines is 1. The summed E-state index contributed by atoms with van der Waals surface area (Å²) in [5.74, 6) is -0.0518. The molecule has 0 atom stereocenters. The molecule has 0 aliphatic rings. The number of aliphatic hydroxyl groups is 1. The van der Waals surface area contributed by atoms with E-state index in [1.165, 1.54) is 6.92 Å². The quantitative estimate of drug-likeness (QED) is 0.493. The van der Waals surface area contributed by atoms with Gasteiger partial charge in [-0.2, -0.15) is 5.11 Å². The molecule has 0 saturated carbocycles. The van der Waals surface area contributed by atoms with Crippen molar-refractivity contribution >= 4 is 17.3 Å². The average Bonchev–Trinajstić information content (AvgIpc) is 2.56. The number of aliphatic hydroxyl groups excluding tert-OH is 1. The maximum absolute atomic E-state index is 12.2. The zero-order valence-corrected chi connectivity index (χ0v) is 12.9. The number of amides is 1. The van der Waals surface area contributed by atoms with E-state index in [0.29, 0.717) is 17.1 Å². The van der Waals surface area contributed by atoms with E-state index in [0.717, 1.165) is 0 Å². The molecule has 6 heteroatoms. The van der Waals surface area contributed by atoms with Crippen molar-refractivity contribution in [2.45, 2.75) is 6.92 Å². The van der Waals surface area contributed by atoms with Crippen molar-refractivity contribution in [2.24, 2.45) is 10.2 Å². The molecule has 0 heterocycles. The van der Waals surface area contributed by atoms with E-state index in [-0.39, 0.29) is 11.5 Å². The highest BCUT2D eigenvalue weighted by Gasteiger charge is 2.13. The van der Waals surface area contributed by atoms with Crippen LogP contribution in [0.3, 0.4) is 0 Å². The summed E-state index contributed by atoms with van der Waals surface area (Å²) in [6.45, 7) is 1.38. The van der Waals surface area contributed by atoms with Crippen LogP contribution in [-0.2, 0) is 4.79 Å². The second kappa shape index (κ2) is 7.74. The van der Waals surface area contributed by atoms with E-state index in [2.05, 4.69) is 15.5 Å². The minimum atomic E-state index is -0.534. The van der Waals surface area contributed by atoms with Crippen LogP contribution >= 0.6 is 0 Å². The first-order valence-corrected chi connectivity index (χ1v) is 6.92. The number of methoxy groups -OCH3 is 1. The summed E-state index contributed by atoms with van der Waals surface area (Å²) in [5.41, 5.74) is 0.998. The molecule has 1 amide bonds. The molecule has 0 unspecified atom stereocenters. The third kappa shape index (κ3) is 4.67. The van der Waals surface area contributed by atoms with Crippen molar-refractivity contribution in [3.8, 4) is 5.75 Å². The molecule has 0 spiro atoms. The lowest BCUT2D eigenvalue weighted by atomic mass is 10.3. The summed E-state index contributed by atoms with van der Waals surface area (Å²) in [6.07, 6.45) is 0. The Labute approximate surface area is 134 Å². The predicted molar refractivity (Wildman–Crippen MR) is 87.9 cm³/mol. The van der Waals surface area contributed by atoms with Gasteiger partial charge in [0, 0.05) is 5.69 Å². The number of nitrogens with one attached hydrogen (secondary N) is 1. The van der Waals surface area contributed by atoms with Crippen molar-refractivity contribution < 1.29 is 14.6 Å². The smallest absolute Gasteiger partial charge is 0.279 e. The van der Waals surface area contributed by atoms with E-state index in [1.54, 1.807) is 55.6 Å². The summed E-state index contributed by atoms with van der Waals surface area (Å²) in [4.78, 5) is 12.2. The Balaban J connectivity index is 2.13. The monoisotopic (exact) mass is 311 g/mol. The Hall–Kier alpha value is -3.15. The number of nitrogens with zero attached hydrogens (tertiary/aromatic N) is 2. The molecule has 2 aromatic rings. The molecule has 0 aromatic heterocycles. The lowest BCUT2D eigenvalue weighted by Gasteiger charge is -2.05. The van der Waals surface area contributed by atoms with Gasteiger partial charge in [-0.1, -0.05) is 18.2 Å². The molecule has 2 N–H and O–H groups in total. The molecule has 0 aliphatic carbocycles. The van der Waals surface area contributed by atoms with Gasteiger partial charge in [0.25, 0.3) is 5.91 Å². The number of carbonyl (C=O) groups excluding carboxylic acids is 1. The molecule has 0 radical (unpaired) electrons. The number of rotatable bonds is 5. The van der Waals surface area contributed by atoms with Crippen LogP contribution in [0.15, 0.2) is 76.3 Å². The summed E-state index contributed by atoms with van der Waals surface area (Å²) in [6, 6.07) is 15.8. The second-order valence-electron chi connectivity index (χ2n) is 4.65. The van der Waals surface area contributed by atoms with Gasteiger partial charge >= 0.3 is 0 Å². The molecular formula is C17H17N3O3. The van der Waals surface area contributed by atoms with Gasteiger partial charge in [-0.3, -0.25) is 4.79 Å². The third-order valence-corrected chi connectivity index (χ3v) is 2.93. The molecule has 0 aliphatic heterocycles. The van der Waals surface area contributed by atoms with Crippen LogP contribution in [0.5, 0.6) is 5.75 Å². The Morgan fingerprint density at radius 3 is 2.30 bits per heavy atom. The topological polar surface area (TPSA) is 83.3 Å². The van der Waals surface area contributed by atoms with Crippen molar-refractivity contribution in [3.05, 3.63) is 66.1 Å². The summed E-state index contributed by atoms with van der Waals surface area (Å²) >= 11 is 0. The minimum absolute atomic E-state index is 0.148. The number of benzene rings is 2. The zero-order chi connectivity index (χ0) is 16.7. The normalized spacial score (nSPS) is 11.9. The fraction of sp³-hybridized carbons (Fsp3) is 0.118. The van der Waals surface area contributed by atoms with Gasteiger partial charge in [0.05, 0.1) is 12.8 Å². The largest absolute Gasteiger partial charge is 0.510 e. The van der Waals surface area contributed by atoms with Gasteiger partial charge in [0.2, 0.25) is 0 Å². The molecule has 2 rings (SSSR count). The van der Waals surface area contributed by atoms with Crippen LogP contribution < -0.4 is 10.1 Å². The van der Waals surface area contributed by atoms with Gasteiger partial charge in [0.15, 0.2) is 5.70 Å². The van der Waals surface area contributed by atoms with Crippen molar-refractivity contribution in [1.82, 2.24) is 0 Å². The lowest BCUT2D eigenvalue weighted by Crippen LogP contribution is -2.14. The van der Waals surface area contributed by atoms with Gasteiger partial charge in [0.1, 0.15) is 11.5 Å². The summed E-state index contributed by atoms with van der Waals surface area (Å²) in [7, 11) is 1.57. The SMILES string of the molecule is COc1ccc(N=NC(C(=O)Nc2ccccc2)=C(C)O)cc1. The van der Waals surface area contributed by atoms with Gasteiger partial charge in [-0.05, 0) is 43.3 Å². The molecule has 0 bridgehead atoms. The number of hydrogen-bond donors (Lipinski definition) is 2.